The maximum atomic E-state index is 12.1. The van der Waals surface area contributed by atoms with E-state index in [0.717, 1.165) is 24.3 Å². The van der Waals surface area contributed by atoms with Crippen molar-refractivity contribution in [2.75, 3.05) is 13.2 Å². The number of aliphatic hydroxyl groups excluding tert-OH is 1. The van der Waals surface area contributed by atoms with Crippen LogP contribution in [0.2, 0.25) is 0 Å². The molecule has 0 radical (unpaired) electrons. The summed E-state index contributed by atoms with van der Waals surface area (Å²) in [5, 5.41) is 8.79. The van der Waals surface area contributed by atoms with Crippen LogP contribution in [0, 0.1) is 5.92 Å². The van der Waals surface area contributed by atoms with E-state index in [1.807, 2.05) is 0 Å². The molecule has 0 aromatic heterocycles. The third-order valence-electron chi connectivity index (χ3n) is 2.28. The van der Waals surface area contributed by atoms with Crippen LogP contribution in [0.5, 0.6) is 5.75 Å². The predicted octanol–water partition coefficient (Wildman–Crippen LogP) is 1.49. The second-order valence-electron chi connectivity index (χ2n) is 4.16. The van der Waals surface area contributed by atoms with Crippen molar-refractivity contribution in [1.82, 2.24) is 4.72 Å². The van der Waals surface area contributed by atoms with Crippen LogP contribution < -0.4 is 9.46 Å². The van der Waals surface area contributed by atoms with Gasteiger partial charge >= 0.3 is 6.36 Å². The first-order valence-electron chi connectivity index (χ1n) is 5.60. The Morgan fingerprint density at radius 3 is 2.60 bits per heavy atom. The minimum atomic E-state index is -4.89. The largest absolute Gasteiger partial charge is 0.573 e. The Balaban J connectivity index is 2.88. The van der Waals surface area contributed by atoms with Crippen LogP contribution >= 0.6 is 0 Å². The number of nitrogens with one attached hydrogen (secondary N) is 1. The molecular weight excluding hydrogens is 299 g/mol. The Bertz CT molecular complexity index is 545. The summed E-state index contributed by atoms with van der Waals surface area (Å²) in [7, 11) is -3.95. The molecule has 0 amide bonds. The average molecular weight is 313 g/mol. The lowest BCUT2D eigenvalue weighted by Gasteiger charge is -2.12. The molecule has 1 rings (SSSR count). The monoisotopic (exact) mass is 313 g/mol. The molecule has 114 valence electrons. The first kappa shape index (κ1) is 16.7. The number of benzene rings is 1. The number of sulfonamides is 1. The summed E-state index contributed by atoms with van der Waals surface area (Å²) in [6.07, 6.45) is -4.89. The van der Waals surface area contributed by atoms with E-state index >= 15 is 0 Å². The molecule has 9 heteroatoms. The number of hydrogen-bond donors (Lipinski definition) is 2. The molecule has 5 nitrogen and oxygen atoms in total. The predicted molar refractivity (Wildman–Crippen MR) is 64.6 cm³/mol. The highest BCUT2D eigenvalue weighted by Gasteiger charge is 2.31. The molecular formula is C11H14F3NO4S. The van der Waals surface area contributed by atoms with Crippen LogP contribution in [0.15, 0.2) is 29.2 Å². The van der Waals surface area contributed by atoms with Gasteiger partial charge in [-0.2, -0.15) is 0 Å². The fraction of sp³-hybridized carbons (Fsp3) is 0.455. The zero-order valence-corrected chi connectivity index (χ0v) is 11.3. The molecule has 0 heterocycles. The molecule has 1 aromatic rings. The minimum Gasteiger partial charge on any atom is -0.406 e. The lowest BCUT2D eigenvalue weighted by molar-refractivity contribution is -0.274. The molecule has 1 atom stereocenters. The topological polar surface area (TPSA) is 75.6 Å². The molecule has 0 fully saturated rings. The maximum Gasteiger partial charge on any atom is 0.573 e. The molecule has 20 heavy (non-hydrogen) atoms. The second-order valence-corrected chi connectivity index (χ2v) is 5.93. The van der Waals surface area contributed by atoms with Crippen molar-refractivity contribution in [3.05, 3.63) is 24.3 Å². The molecule has 1 unspecified atom stereocenters. The zero-order chi connectivity index (χ0) is 15.4. The van der Waals surface area contributed by atoms with E-state index in [1.54, 1.807) is 6.92 Å². The number of halogens is 3. The summed E-state index contributed by atoms with van der Waals surface area (Å²) in [5.41, 5.74) is 0. The van der Waals surface area contributed by atoms with E-state index in [1.165, 1.54) is 0 Å². The van der Waals surface area contributed by atoms with Crippen LogP contribution in [0.25, 0.3) is 0 Å². The van der Waals surface area contributed by atoms with Gasteiger partial charge in [-0.25, -0.2) is 13.1 Å². The van der Waals surface area contributed by atoms with Crippen molar-refractivity contribution >= 4 is 10.0 Å². The number of hydrogen-bond acceptors (Lipinski definition) is 4. The molecule has 0 aliphatic carbocycles. The average Bonchev–Trinajstić information content (AvgIpc) is 2.34. The third kappa shape index (κ3) is 5.35. The first-order valence-corrected chi connectivity index (χ1v) is 7.08. The fourth-order valence-corrected chi connectivity index (χ4v) is 2.44. The van der Waals surface area contributed by atoms with Gasteiger partial charge in [-0.3, -0.25) is 0 Å². The highest BCUT2D eigenvalue weighted by Crippen LogP contribution is 2.24. The molecule has 0 saturated heterocycles. The SMILES string of the molecule is CC(CO)CNS(=O)(=O)c1cccc(OC(F)(F)F)c1. The Kier molecular flexibility index (Phi) is 5.37. The van der Waals surface area contributed by atoms with E-state index in [2.05, 4.69) is 9.46 Å². The van der Waals surface area contributed by atoms with Crippen molar-refractivity contribution in [3.8, 4) is 5.75 Å². The van der Waals surface area contributed by atoms with Crippen LogP contribution in [-0.2, 0) is 10.0 Å². The highest BCUT2D eigenvalue weighted by atomic mass is 32.2. The molecule has 0 aliphatic rings. The van der Waals surface area contributed by atoms with Gasteiger partial charge in [0.15, 0.2) is 0 Å². The number of alkyl halides is 3. The maximum absolute atomic E-state index is 12.1. The van der Waals surface area contributed by atoms with E-state index in [-0.39, 0.29) is 24.0 Å². The van der Waals surface area contributed by atoms with Gasteiger partial charge in [0.25, 0.3) is 0 Å². The standard InChI is InChI=1S/C11H14F3NO4S/c1-8(7-16)6-15-20(17,18)10-4-2-3-9(5-10)19-11(12,13)14/h2-5,8,15-16H,6-7H2,1H3. The Hall–Kier alpha value is -1.32. The van der Waals surface area contributed by atoms with Gasteiger partial charge in [-0.05, 0) is 18.1 Å². The number of aliphatic hydroxyl groups is 1. The van der Waals surface area contributed by atoms with Crippen LogP contribution in [-0.4, -0.2) is 33.0 Å². The van der Waals surface area contributed by atoms with Gasteiger partial charge in [-0.1, -0.05) is 13.0 Å². The van der Waals surface area contributed by atoms with Crippen molar-refractivity contribution in [2.45, 2.75) is 18.2 Å². The minimum absolute atomic E-state index is 0.0246. The fourth-order valence-electron chi connectivity index (χ4n) is 1.24. The quantitative estimate of drug-likeness (QED) is 0.834. The summed E-state index contributed by atoms with van der Waals surface area (Å²) in [5.74, 6) is -0.921. The Labute approximate surface area is 114 Å². The zero-order valence-electron chi connectivity index (χ0n) is 10.5. The van der Waals surface area contributed by atoms with E-state index in [0.29, 0.717) is 0 Å². The normalized spacial score (nSPS) is 14.1. The van der Waals surface area contributed by atoms with Crippen LogP contribution in [0.3, 0.4) is 0 Å². The first-order chi connectivity index (χ1) is 9.14. The molecule has 0 bridgehead atoms. The number of ether oxygens (including phenoxy) is 1. The molecule has 0 saturated carbocycles. The van der Waals surface area contributed by atoms with Crippen molar-refractivity contribution in [1.29, 1.82) is 0 Å². The van der Waals surface area contributed by atoms with Crippen molar-refractivity contribution in [3.63, 3.8) is 0 Å². The van der Waals surface area contributed by atoms with Gasteiger partial charge in [-0.15, -0.1) is 13.2 Å². The molecule has 0 aliphatic heterocycles. The van der Waals surface area contributed by atoms with Gasteiger partial charge in [0, 0.05) is 19.2 Å². The van der Waals surface area contributed by atoms with Gasteiger partial charge < -0.3 is 9.84 Å². The van der Waals surface area contributed by atoms with Crippen molar-refractivity contribution in [2.24, 2.45) is 5.92 Å². The second kappa shape index (κ2) is 6.42. The molecule has 0 spiro atoms. The molecule has 1 aromatic carbocycles. The van der Waals surface area contributed by atoms with Gasteiger partial charge in [0.1, 0.15) is 5.75 Å². The van der Waals surface area contributed by atoms with Gasteiger partial charge in [0.05, 0.1) is 4.90 Å². The summed E-state index contributed by atoms with van der Waals surface area (Å²) in [4.78, 5) is -0.343. The van der Waals surface area contributed by atoms with E-state index in [4.69, 9.17) is 5.11 Å². The summed E-state index contributed by atoms with van der Waals surface area (Å²) < 4.78 is 65.7. The third-order valence-corrected chi connectivity index (χ3v) is 3.70. The molecule has 2 N–H and O–H groups in total. The summed E-state index contributed by atoms with van der Waals surface area (Å²) in [6, 6.07) is 4.07. The summed E-state index contributed by atoms with van der Waals surface area (Å²) >= 11 is 0. The van der Waals surface area contributed by atoms with Gasteiger partial charge in [0.2, 0.25) is 10.0 Å². The number of rotatable bonds is 6. The summed E-state index contributed by atoms with van der Waals surface area (Å²) in [6.45, 7) is 1.38. The Morgan fingerprint density at radius 2 is 2.05 bits per heavy atom. The lowest BCUT2D eigenvalue weighted by atomic mass is 10.2. The smallest absolute Gasteiger partial charge is 0.406 e. The lowest BCUT2D eigenvalue weighted by Crippen LogP contribution is -2.29. The highest BCUT2D eigenvalue weighted by molar-refractivity contribution is 7.89. The Morgan fingerprint density at radius 1 is 1.40 bits per heavy atom. The van der Waals surface area contributed by atoms with Crippen molar-refractivity contribution < 1.29 is 31.4 Å². The van der Waals surface area contributed by atoms with Crippen LogP contribution in [0.4, 0.5) is 13.2 Å². The van der Waals surface area contributed by atoms with Crippen LogP contribution in [0.1, 0.15) is 6.92 Å². The van der Waals surface area contributed by atoms with E-state index in [9.17, 15) is 21.6 Å². The van der Waals surface area contributed by atoms with E-state index < -0.39 is 22.1 Å².